The third-order valence-corrected chi connectivity index (χ3v) is 2.95. The highest BCUT2D eigenvalue weighted by atomic mass is 35.5. The first kappa shape index (κ1) is 14.0. The van der Waals surface area contributed by atoms with Crippen LogP contribution in [0.1, 0.15) is 22.0 Å². The Labute approximate surface area is 119 Å². The van der Waals surface area contributed by atoms with E-state index in [1.54, 1.807) is 24.3 Å². The number of carbonyl (C=O) groups is 1. The normalized spacial score (nSPS) is 11.4. The second kappa shape index (κ2) is 6.13. The molecule has 0 spiro atoms. The molecule has 0 saturated carbocycles. The Morgan fingerprint density at radius 1 is 1.35 bits per heavy atom. The lowest BCUT2D eigenvalue weighted by molar-refractivity contribution is 0.0944. The average Bonchev–Trinajstić information content (AvgIpc) is 2.46. The molecule has 0 aliphatic heterocycles. The Hall–Kier alpha value is -2.45. The number of aromatic nitrogens is 1. The first-order valence-corrected chi connectivity index (χ1v) is 6.06. The Bertz CT molecular complexity index is 667. The summed E-state index contributed by atoms with van der Waals surface area (Å²) in [6.45, 7) is 0. The molecule has 2 aromatic rings. The van der Waals surface area contributed by atoms with Gasteiger partial charge in [-0.1, -0.05) is 29.8 Å². The Morgan fingerprint density at radius 3 is 2.70 bits per heavy atom. The van der Waals surface area contributed by atoms with Crippen molar-refractivity contribution in [2.75, 3.05) is 0 Å². The molecule has 0 aliphatic rings. The number of nitriles is 1. The summed E-state index contributed by atoms with van der Waals surface area (Å²) in [5.74, 6) is -1.20. The van der Waals surface area contributed by atoms with Gasteiger partial charge in [0.1, 0.15) is 6.04 Å². The van der Waals surface area contributed by atoms with Gasteiger partial charge in [0.25, 0.3) is 5.91 Å². The van der Waals surface area contributed by atoms with E-state index in [-0.39, 0.29) is 5.56 Å². The van der Waals surface area contributed by atoms with Crippen LogP contribution in [0.15, 0.2) is 42.6 Å². The van der Waals surface area contributed by atoms with E-state index in [9.17, 15) is 9.18 Å². The van der Waals surface area contributed by atoms with E-state index in [0.717, 1.165) is 12.3 Å². The van der Waals surface area contributed by atoms with E-state index >= 15 is 0 Å². The molecule has 1 heterocycles. The molecule has 100 valence electrons. The highest BCUT2D eigenvalue weighted by molar-refractivity contribution is 6.31. The standard InChI is InChI=1S/C14H9ClFN3O/c15-11-4-2-1-3-10(11)12(7-17)19-14(20)9-5-6-13(16)18-8-9/h1-6,8,12H,(H,19,20)/t12-/m0/s1. The first-order valence-electron chi connectivity index (χ1n) is 5.68. The van der Waals surface area contributed by atoms with Crippen molar-refractivity contribution in [2.45, 2.75) is 6.04 Å². The Morgan fingerprint density at radius 2 is 2.10 bits per heavy atom. The second-order valence-corrected chi connectivity index (χ2v) is 4.33. The third kappa shape index (κ3) is 3.11. The molecule has 0 unspecified atom stereocenters. The van der Waals surface area contributed by atoms with E-state index in [0.29, 0.717) is 10.6 Å². The first-order chi connectivity index (χ1) is 9.61. The largest absolute Gasteiger partial charge is 0.332 e. The fourth-order valence-electron chi connectivity index (χ4n) is 1.61. The molecule has 4 nitrogen and oxygen atoms in total. The van der Waals surface area contributed by atoms with Crippen LogP contribution in [-0.4, -0.2) is 10.9 Å². The van der Waals surface area contributed by atoms with Crippen molar-refractivity contribution in [3.63, 3.8) is 0 Å². The molecular weight excluding hydrogens is 281 g/mol. The number of pyridine rings is 1. The molecule has 0 saturated heterocycles. The van der Waals surface area contributed by atoms with Crippen LogP contribution in [0.2, 0.25) is 5.02 Å². The quantitative estimate of drug-likeness (QED) is 0.884. The maximum atomic E-state index is 12.7. The summed E-state index contributed by atoms with van der Waals surface area (Å²) in [4.78, 5) is 15.3. The van der Waals surface area contributed by atoms with E-state index in [2.05, 4.69) is 10.3 Å². The zero-order valence-corrected chi connectivity index (χ0v) is 10.9. The fourth-order valence-corrected chi connectivity index (χ4v) is 1.86. The molecule has 0 aliphatic carbocycles. The third-order valence-electron chi connectivity index (χ3n) is 2.61. The summed E-state index contributed by atoms with van der Waals surface area (Å²) in [5.41, 5.74) is 0.666. The van der Waals surface area contributed by atoms with Gasteiger partial charge in [-0.05, 0) is 18.2 Å². The maximum absolute atomic E-state index is 12.7. The van der Waals surface area contributed by atoms with Crippen LogP contribution >= 0.6 is 11.6 Å². The predicted octanol–water partition coefficient (Wildman–Crippen LogP) is 2.87. The van der Waals surface area contributed by atoms with E-state index in [1.165, 1.54) is 6.07 Å². The van der Waals surface area contributed by atoms with Gasteiger partial charge in [-0.15, -0.1) is 0 Å². The van der Waals surface area contributed by atoms with Crippen LogP contribution in [0.4, 0.5) is 4.39 Å². The minimum absolute atomic E-state index is 0.165. The van der Waals surface area contributed by atoms with Gasteiger partial charge in [-0.3, -0.25) is 4.79 Å². The molecule has 6 heteroatoms. The highest BCUT2D eigenvalue weighted by Gasteiger charge is 2.17. The number of nitrogens with zero attached hydrogens (tertiary/aromatic N) is 2. The Kier molecular flexibility index (Phi) is 4.28. The molecule has 2 rings (SSSR count). The topological polar surface area (TPSA) is 65.8 Å². The van der Waals surface area contributed by atoms with Crippen molar-refractivity contribution < 1.29 is 9.18 Å². The number of hydrogen-bond donors (Lipinski definition) is 1. The van der Waals surface area contributed by atoms with Crippen molar-refractivity contribution in [3.05, 3.63) is 64.7 Å². The van der Waals surface area contributed by atoms with Gasteiger partial charge in [0, 0.05) is 16.8 Å². The van der Waals surface area contributed by atoms with E-state index in [1.807, 2.05) is 6.07 Å². The fraction of sp³-hybridized carbons (Fsp3) is 0.0714. The average molecular weight is 290 g/mol. The maximum Gasteiger partial charge on any atom is 0.254 e. The van der Waals surface area contributed by atoms with Crippen LogP contribution in [0.3, 0.4) is 0 Å². The van der Waals surface area contributed by atoms with Crippen molar-refractivity contribution in [2.24, 2.45) is 0 Å². The summed E-state index contributed by atoms with van der Waals surface area (Å²) < 4.78 is 12.7. The minimum atomic E-state index is -0.888. The van der Waals surface area contributed by atoms with Gasteiger partial charge in [0.15, 0.2) is 0 Å². The second-order valence-electron chi connectivity index (χ2n) is 3.93. The predicted molar refractivity (Wildman–Crippen MR) is 71.5 cm³/mol. The van der Waals surface area contributed by atoms with Crippen LogP contribution in [0.25, 0.3) is 0 Å². The highest BCUT2D eigenvalue weighted by Crippen LogP contribution is 2.22. The Balaban J connectivity index is 2.19. The van der Waals surface area contributed by atoms with Crippen LogP contribution in [0, 0.1) is 17.3 Å². The minimum Gasteiger partial charge on any atom is -0.332 e. The summed E-state index contributed by atoms with van der Waals surface area (Å²) in [6, 6.07) is 10.2. The molecule has 1 amide bonds. The number of carbonyl (C=O) groups excluding carboxylic acids is 1. The molecule has 0 fully saturated rings. The molecule has 20 heavy (non-hydrogen) atoms. The molecule has 0 bridgehead atoms. The van der Waals surface area contributed by atoms with Crippen LogP contribution < -0.4 is 5.32 Å². The van der Waals surface area contributed by atoms with Gasteiger partial charge < -0.3 is 5.32 Å². The van der Waals surface area contributed by atoms with E-state index in [4.69, 9.17) is 16.9 Å². The summed E-state index contributed by atoms with van der Waals surface area (Å²) in [6.07, 6.45) is 1.10. The molecule has 1 atom stereocenters. The van der Waals surface area contributed by atoms with Gasteiger partial charge in [0.2, 0.25) is 5.95 Å². The monoisotopic (exact) mass is 289 g/mol. The van der Waals surface area contributed by atoms with Crippen molar-refractivity contribution in [3.8, 4) is 6.07 Å². The van der Waals surface area contributed by atoms with Gasteiger partial charge in [-0.25, -0.2) is 4.98 Å². The lowest BCUT2D eigenvalue weighted by Gasteiger charge is -2.13. The van der Waals surface area contributed by atoms with Crippen molar-refractivity contribution in [1.82, 2.24) is 10.3 Å². The van der Waals surface area contributed by atoms with E-state index < -0.39 is 17.9 Å². The van der Waals surface area contributed by atoms with Gasteiger partial charge in [-0.2, -0.15) is 9.65 Å². The number of nitrogens with one attached hydrogen (secondary N) is 1. The molecule has 1 N–H and O–H groups in total. The molecule has 0 radical (unpaired) electrons. The number of rotatable bonds is 3. The zero-order chi connectivity index (χ0) is 14.5. The number of benzene rings is 1. The smallest absolute Gasteiger partial charge is 0.254 e. The molecule has 1 aromatic heterocycles. The SMILES string of the molecule is N#C[C@H](NC(=O)c1ccc(F)nc1)c1ccccc1Cl. The summed E-state index contributed by atoms with van der Waals surface area (Å²) in [5, 5.41) is 12.0. The lowest BCUT2D eigenvalue weighted by atomic mass is 10.1. The van der Waals surface area contributed by atoms with Gasteiger partial charge >= 0.3 is 0 Å². The molecule has 1 aromatic carbocycles. The number of halogens is 2. The van der Waals surface area contributed by atoms with Gasteiger partial charge in [0.05, 0.1) is 11.6 Å². The lowest BCUT2D eigenvalue weighted by Crippen LogP contribution is -2.27. The van der Waals surface area contributed by atoms with Crippen LogP contribution in [-0.2, 0) is 0 Å². The van der Waals surface area contributed by atoms with Crippen molar-refractivity contribution in [1.29, 1.82) is 5.26 Å². The summed E-state index contributed by atoms with van der Waals surface area (Å²) in [7, 11) is 0. The number of amides is 1. The van der Waals surface area contributed by atoms with Crippen molar-refractivity contribution >= 4 is 17.5 Å². The van der Waals surface area contributed by atoms with Crippen LogP contribution in [0.5, 0.6) is 0 Å². The summed E-state index contributed by atoms with van der Waals surface area (Å²) >= 11 is 5.98. The number of hydrogen-bond acceptors (Lipinski definition) is 3. The molecular formula is C14H9ClFN3O. The zero-order valence-electron chi connectivity index (χ0n) is 10.2.